The van der Waals surface area contributed by atoms with E-state index in [0.717, 1.165) is 17.9 Å². The van der Waals surface area contributed by atoms with E-state index in [-0.39, 0.29) is 4.75 Å². The maximum atomic E-state index is 5.36. The van der Waals surface area contributed by atoms with E-state index < -0.39 is 0 Å². The Morgan fingerprint density at radius 1 is 1.38 bits per heavy atom. The molecule has 0 atom stereocenters. The molecule has 0 aliphatic carbocycles. The summed E-state index contributed by atoms with van der Waals surface area (Å²) >= 11 is 1.82. The molecule has 1 aromatic rings. The number of nitrogens with one attached hydrogen (secondary N) is 2. The van der Waals surface area contributed by atoms with Gasteiger partial charge in [0.25, 0.3) is 0 Å². The number of anilines is 2. The van der Waals surface area contributed by atoms with E-state index in [2.05, 4.69) is 40.8 Å². The van der Waals surface area contributed by atoms with E-state index in [1.807, 2.05) is 18.7 Å². The van der Waals surface area contributed by atoms with Crippen LogP contribution in [-0.2, 0) is 0 Å². The zero-order valence-corrected chi connectivity index (χ0v) is 11.0. The van der Waals surface area contributed by atoms with Gasteiger partial charge >= 0.3 is 0 Å². The van der Waals surface area contributed by atoms with Crippen LogP contribution < -0.4 is 16.6 Å². The second kappa shape index (κ2) is 5.36. The van der Waals surface area contributed by atoms with Crippen LogP contribution in [0.3, 0.4) is 0 Å². The van der Waals surface area contributed by atoms with Crippen LogP contribution in [0, 0.1) is 6.92 Å². The largest absolute Gasteiger partial charge is 0.368 e. The molecule has 0 fully saturated rings. The maximum Gasteiger partial charge on any atom is 0.148 e. The van der Waals surface area contributed by atoms with Gasteiger partial charge in [0.15, 0.2) is 0 Å². The van der Waals surface area contributed by atoms with Crippen molar-refractivity contribution in [2.24, 2.45) is 5.84 Å². The lowest BCUT2D eigenvalue weighted by Gasteiger charge is -2.23. The van der Waals surface area contributed by atoms with Crippen molar-refractivity contribution in [2.75, 3.05) is 23.5 Å². The van der Waals surface area contributed by atoms with Crippen molar-refractivity contribution in [2.45, 2.75) is 25.5 Å². The van der Waals surface area contributed by atoms with E-state index in [4.69, 9.17) is 5.84 Å². The van der Waals surface area contributed by atoms with Crippen molar-refractivity contribution in [1.82, 2.24) is 9.97 Å². The van der Waals surface area contributed by atoms with Gasteiger partial charge in [0, 0.05) is 16.9 Å². The van der Waals surface area contributed by atoms with Crippen LogP contribution in [0.5, 0.6) is 0 Å². The van der Waals surface area contributed by atoms with Crippen LogP contribution in [-0.4, -0.2) is 27.5 Å². The molecule has 5 nitrogen and oxygen atoms in total. The summed E-state index contributed by atoms with van der Waals surface area (Å²) in [6.45, 7) is 7.15. The minimum atomic E-state index is 0.174. The Labute approximate surface area is 101 Å². The van der Waals surface area contributed by atoms with Crippen LogP contribution in [0.1, 0.15) is 19.4 Å². The van der Waals surface area contributed by atoms with Gasteiger partial charge in [-0.25, -0.2) is 15.8 Å². The number of hydrogen-bond donors (Lipinski definition) is 3. The second-order valence-electron chi connectivity index (χ2n) is 4.16. The second-order valence-corrected chi connectivity index (χ2v) is 5.67. The monoisotopic (exact) mass is 241 g/mol. The molecule has 0 spiro atoms. The molecule has 0 aromatic carbocycles. The number of aromatic nitrogens is 2. The molecule has 1 rings (SSSR count). The van der Waals surface area contributed by atoms with Gasteiger partial charge in [0.2, 0.25) is 0 Å². The Bertz CT molecular complexity index is 353. The number of nitrogens with zero attached hydrogens (tertiary/aromatic N) is 2. The summed E-state index contributed by atoms with van der Waals surface area (Å²) in [6, 6.07) is 0. The van der Waals surface area contributed by atoms with Crippen molar-refractivity contribution in [1.29, 1.82) is 0 Å². The molecule has 0 radical (unpaired) electrons. The lowest BCUT2D eigenvalue weighted by molar-refractivity contribution is 0.749. The molecule has 0 unspecified atom stereocenters. The molecule has 1 heterocycles. The van der Waals surface area contributed by atoms with Gasteiger partial charge in [-0.1, -0.05) is 0 Å². The molecule has 0 aliphatic rings. The van der Waals surface area contributed by atoms with Gasteiger partial charge in [0.1, 0.15) is 18.0 Å². The van der Waals surface area contributed by atoms with Crippen molar-refractivity contribution in [3.05, 3.63) is 11.9 Å². The highest BCUT2D eigenvalue weighted by molar-refractivity contribution is 7.99. The summed E-state index contributed by atoms with van der Waals surface area (Å²) < 4.78 is 0.174. The minimum Gasteiger partial charge on any atom is -0.368 e. The highest BCUT2D eigenvalue weighted by atomic mass is 32.2. The molecule has 4 N–H and O–H groups in total. The summed E-state index contributed by atoms with van der Waals surface area (Å²) in [6.07, 6.45) is 3.60. The zero-order valence-electron chi connectivity index (χ0n) is 10.2. The van der Waals surface area contributed by atoms with Crippen LogP contribution in [0.25, 0.3) is 0 Å². The summed E-state index contributed by atoms with van der Waals surface area (Å²) in [5.74, 6) is 6.83. The van der Waals surface area contributed by atoms with E-state index in [0.29, 0.717) is 5.82 Å². The number of rotatable bonds is 5. The van der Waals surface area contributed by atoms with Crippen LogP contribution in [0.4, 0.5) is 11.6 Å². The topological polar surface area (TPSA) is 75.9 Å². The highest BCUT2D eigenvalue weighted by Crippen LogP contribution is 2.23. The first-order valence-corrected chi connectivity index (χ1v) is 6.30. The SMILES string of the molecule is CSC(C)(C)CNc1ncnc(NN)c1C. The van der Waals surface area contributed by atoms with E-state index in [1.54, 1.807) is 0 Å². The van der Waals surface area contributed by atoms with E-state index in [1.165, 1.54) is 6.33 Å². The summed E-state index contributed by atoms with van der Waals surface area (Å²) in [5, 5.41) is 3.31. The number of nitrogens with two attached hydrogens (primary N) is 1. The van der Waals surface area contributed by atoms with Crippen LogP contribution in [0.2, 0.25) is 0 Å². The molecule has 0 saturated heterocycles. The van der Waals surface area contributed by atoms with Gasteiger partial charge in [0.05, 0.1) is 0 Å². The fourth-order valence-corrected chi connectivity index (χ4v) is 1.36. The lowest BCUT2D eigenvalue weighted by atomic mass is 10.2. The predicted octanol–water partition coefficient (Wildman–Crippen LogP) is 1.62. The minimum absolute atomic E-state index is 0.174. The Morgan fingerprint density at radius 3 is 2.56 bits per heavy atom. The average molecular weight is 241 g/mol. The van der Waals surface area contributed by atoms with Crippen LogP contribution in [0.15, 0.2) is 6.33 Å². The van der Waals surface area contributed by atoms with Gasteiger partial charge in [-0.2, -0.15) is 11.8 Å². The molecule has 0 aliphatic heterocycles. The van der Waals surface area contributed by atoms with Gasteiger partial charge in [-0.05, 0) is 27.0 Å². The summed E-state index contributed by atoms with van der Waals surface area (Å²) in [5.41, 5.74) is 3.48. The normalized spacial score (nSPS) is 11.3. The van der Waals surface area contributed by atoms with E-state index >= 15 is 0 Å². The van der Waals surface area contributed by atoms with Crippen molar-refractivity contribution < 1.29 is 0 Å². The summed E-state index contributed by atoms with van der Waals surface area (Å²) in [4.78, 5) is 8.23. The van der Waals surface area contributed by atoms with Crippen molar-refractivity contribution in [3.63, 3.8) is 0 Å². The molecule has 0 bridgehead atoms. The van der Waals surface area contributed by atoms with Crippen LogP contribution >= 0.6 is 11.8 Å². The molecule has 0 saturated carbocycles. The number of hydrogen-bond acceptors (Lipinski definition) is 6. The molecule has 90 valence electrons. The smallest absolute Gasteiger partial charge is 0.148 e. The third-order valence-electron chi connectivity index (χ3n) is 2.45. The summed E-state index contributed by atoms with van der Waals surface area (Å²) in [7, 11) is 0. The Hall–Kier alpha value is -1.01. The first kappa shape index (κ1) is 13.1. The molecule has 1 aromatic heterocycles. The highest BCUT2D eigenvalue weighted by Gasteiger charge is 2.16. The quantitative estimate of drug-likeness (QED) is 0.537. The van der Waals surface area contributed by atoms with Crippen molar-refractivity contribution >= 4 is 23.4 Å². The first-order chi connectivity index (χ1) is 7.50. The number of hydrazine groups is 1. The molecular formula is C10H19N5S. The van der Waals surface area contributed by atoms with Crippen molar-refractivity contribution in [3.8, 4) is 0 Å². The number of thioether (sulfide) groups is 1. The fourth-order valence-electron chi connectivity index (χ4n) is 1.14. The standard InChI is InChI=1S/C10H19N5S/c1-7-8(12-5-10(2,3)16-4)13-6-14-9(7)15-11/h6H,5,11H2,1-4H3,(H2,12,13,14,15). The Kier molecular flexibility index (Phi) is 4.37. The van der Waals surface area contributed by atoms with Gasteiger partial charge in [-0.15, -0.1) is 0 Å². The van der Waals surface area contributed by atoms with E-state index in [9.17, 15) is 0 Å². The molecule has 16 heavy (non-hydrogen) atoms. The predicted molar refractivity (Wildman–Crippen MR) is 70.7 cm³/mol. The third-order valence-corrected chi connectivity index (χ3v) is 3.70. The zero-order chi connectivity index (χ0) is 12.2. The lowest BCUT2D eigenvalue weighted by Crippen LogP contribution is -2.26. The average Bonchev–Trinajstić information content (AvgIpc) is 2.28. The third kappa shape index (κ3) is 3.24. The van der Waals surface area contributed by atoms with Gasteiger partial charge < -0.3 is 10.7 Å². The Balaban J connectivity index is 2.75. The Morgan fingerprint density at radius 2 is 2.00 bits per heavy atom. The molecule has 6 heteroatoms. The molecule has 0 amide bonds. The van der Waals surface area contributed by atoms with Gasteiger partial charge in [-0.3, -0.25) is 0 Å². The molecular weight excluding hydrogens is 222 g/mol. The first-order valence-electron chi connectivity index (χ1n) is 5.07. The fraction of sp³-hybridized carbons (Fsp3) is 0.600. The number of nitrogen functional groups attached to an aromatic ring is 1. The maximum absolute atomic E-state index is 5.36.